The molecule has 5 aromatic rings. The molecule has 212 valence electrons. The van der Waals surface area contributed by atoms with Crippen molar-refractivity contribution < 1.29 is 14.3 Å². The van der Waals surface area contributed by atoms with Crippen LogP contribution in [0.4, 0.5) is 5.82 Å². The molecule has 0 saturated carbocycles. The summed E-state index contributed by atoms with van der Waals surface area (Å²) >= 11 is 0. The molecule has 2 aliphatic heterocycles. The van der Waals surface area contributed by atoms with Gasteiger partial charge in [-0.15, -0.1) is 0 Å². The fourth-order valence-electron chi connectivity index (χ4n) is 6.21. The highest BCUT2D eigenvalue weighted by Crippen LogP contribution is 2.35. The highest BCUT2D eigenvalue weighted by molar-refractivity contribution is 6.01. The predicted molar refractivity (Wildman–Crippen MR) is 164 cm³/mol. The summed E-state index contributed by atoms with van der Waals surface area (Å²) in [4.78, 5) is 21.1. The number of nitrogens with zero attached hydrogens (tertiary/aromatic N) is 3. The van der Waals surface area contributed by atoms with E-state index in [0.717, 1.165) is 59.7 Å². The third kappa shape index (κ3) is 4.80. The Kier molecular flexibility index (Phi) is 6.88. The third-order valence-corrected chi connectivity index (χ3v) is 8.66. The van der Waals surface area contributed by atoms with Crippen molar-refractivity contribution in [3.05, 3.63) is 124 Å². The monoisotopic (exact) mass is 558 g/mol. The molecule has 0 bridgehead atoms. The summed E-state index contributed by atoms with van der Waals surface area (Å²) in [5.74, 6) is 1.47. The first-order valence-corrected chi connectivity index (χ1v) is 14.5. The van der Waals surface area contributed by atoms with Crippen molar-refractivity contribution in [1.29, 1.82) is 0 Å². The summed E-state index contributed by atoms with van der Waals surface area (Å²) in [6, 6.07) is 27.0. The number of amides is 1. The molecular formula is C35H34N4O3. The van der Waals surface area contributed by atoms with E-state index in [1.54, 1.807) is 0 Å². The van der Waals surface area contributed by atoms with Gasteiger partial charge in [-0.25, -0.2) is 4.98 Å². The van der Waals surface area contributed by atoms with Gasteiger partial charge in [-0.1, -0.05) is 66.7 Å². The van der Waals surface area contributed by atoms with Crippen LogP contribution in [0.25, 0.3) is 10.9 Å². The maximum atomic E-state index is 13.7. The van der Waals surface area contributed by atoms with E-state index in [2.05, 4.69) is 77.2 Å². The number of fused-ring (bicyclic) bond motifs is 3. The van der Waals surface area contributed by atoms with E-state index in [-0.39, 0.29) is 12.7 Å². The van der Waals surface area contributed by atoms with E-state index < -0.39 is 0 Å². The van der Waals surface area contributed by atoms with E-state index in [0.29, 0.717) is 18.8 Å². The molecule has 0 spiro atoms. The molecule has 0 atom stereocenters. The molecule has 0 aliphatic carbocycles. The van der Waals surface area contributed by atoms with Crippen LogP contribution in [-0.2, 0) is 37.4 Å². The number of pyridine rings is 1. The number of ether oxygens (including phenoxy) is 2. The molecule has 0 radical (unpaired) electrons. The molecule has 4 heterocycles. The average Bonchev–Trinajstić information content (AvgIpc) is 3.28. The first-order valence-electron chi connectivity index (χ1n) is 14.5. The lowest BCUT2D eigenvalue weighted by Crippen LogP contribution is -2.32. The van der Waals surface area contributed by atoms with Gasteiger partial charge in [0.15, 0.2) is 12.6 Å². The summed E-state index contributed by atoms with van der Waals surface area (Å²) < 4.78 is 13.5. The van der Waals surface area contributed by atoms with E-state index in [9.17, 15) is 4.79 Å². The molecule has 7 nitrogen and oxygen atoms in total. The Morgan fingerprint density at radius 3 is 2.64 bits per heavy atom. The van der Waals surface area contributed by atoms with Gasteiger partial charge in [0.05, 0.1) is 12.1 Å². The second-order valence-corrected chi connectivity index (χ2v) is 11.1. The molecule has 0 fully saturated rings. The maximum absolute atomic E-state index is 13.7. The number of aromatic nitrogens is 2. The molecule has 1 amide bonds. The van der Waals surface area contributed by atoms with E-state index in [1.165, 1.54) is 27.9 Å². The average molecular weight is 559 g/mol. The van der Waals surface area contributed by atoms with Crippen LogP contribution in [0.5, 0.6) is 5.75 Å². The van der Waals surface area contributed by atoms with Crippen molar-refractivity contribution in [3.63, 3.8) is 0 Å². The zero-order chi connectivity index (χ0) is 28.6. The third-order valence-electron chi connectivity index (χ3n) is 8.66. The summed E-state index contributed by atoms with van der Waals surface area (Å²) in [5.41, 5.74) is 9.73. The number of carbonyl (C=O) groups excluding carboxylic acids is 1. The normalized spacial score (nSPS) is 14.3. The highest BCUT2D eigenvalue weighted by Gasteiger charge is 2.26. The Labute approximate surface area is 245 Å². The number of carbonyl (C=O) groups is 1. The second kappa shape index (κ2) is 11.0. The van der Waals surface area contributed by atoms with Crippen molar-refractivity contribution in [2.45, 2.75) is 46.5 Å². The molecule has 0 saturated heterocycles. The Morgan fingerprint density at radius 1 is 0.976 bits per heavy atom. The van der Waals surface area contributed by atoms with Gasteiger partial charge in [0.2, 0.25) is 0 Å². The lowest BCUT2D eigenvalue weighted by atomic mass is 10.00. The van der Waals surface area contributed by atoms with Gasteiger partial charge >= 0.3 is 0 Å². The largest absolute Gasteiger partial charge is 0.467 e. The number of aryl methyl sites for hydroxylation is 1. The minimum Gasteiger partial charge on any atom is -0.467 e. The first kappa shape index (κ1) is 26.3. The van der Waals surface area contributed by atoms with Crippen LogP contribution in [0.15, 0.2) is 78.9 Å². The topological polar surface area (TPSA) is 68.6 Å². The molecule has 2 aliphatic rings. The van der Waals surface area contributed by atoms with Crippen molar-refractivity contribution in [2.75, 3.05) is 18.2 Å². The van der Waals surface area contributed by atoms with Gasteiger partial charge in [-0.3, -0.25) is 4.79 Å². The van der Waals surface area contributed by atoms with Crippen molar-refractivity contribution in [3.8, 4) is 5.75 Å². The number of hydrogen-bond donors (Lipinski definition) is 1. The molecule has 1 N–H and O–H groups in total. The zero-order valence-corrected chi connectivity index (χ0v) is 24.0. The Hall–Kier alpha value is -4.62. The molecule has 2 aromatic heterocycles. The van der Waals surface area contributed by atoms with Crippen LogP contribution in [0, 0.1) is 13.8 Å². The van der Waals surface area contributed by atoms with E-state index in [1.807, 2.05) is 30.3 Å². The van der Waals surface area contributed by atoms with Gasteiger partial charge in [-0.2, -0.15) is 0 Å². The number of benzene rings is 3. The van der Waals surface area contributed by atoms with Crippen LogP contribution in [-0.4, -0.2) is 28.8 Å². The fourth-order valence-corrected chi connectivity index (χ4v) is 6.21. The van der Waals surface area contributed by atoms with Crippen LogP contribution in [0.3, 0.4) is 0 Å². The molecule has 0 unspecified atom stereocenters. The Bertz CT molecular complexity index is 1790. The number of nitrogens with one attached hydrogen (secondary N) is 1. The minimum absolute atomic E-state index is 0.196. The number of rotatable bonds is 6. The molecule has 42 heavy (non-hydrogen) atoms. The summed E-state index contributed by atoms with van der Waals surface area (Å²) in [7, 11) is 0. The van der Waals surface area contributed by atoms with Gasteiger partial charge in [-0.05, 0) is 60.2 Å². The predicted octanol–water partition coefficient (Wildman–Crippen LogP) is 6.06. The van der Waals surface area contributed by atoms with Crippen molar-refractivity contribution in [1.82, 2.24) is 14.9 Å². The first-order chi connectivity index (χ1) is 20.6. The SMILES string of the molecule is Cc1c(C)n(Cc2ccccc2)c2c(N3CCc4ccccc4C3)nc(C(=O)NCc3cccc4c3COCO4)cc12. The van der Waals surface area contributed by atoms with Gasteiger partial charge in [0.1, 0.15) is 11.4 Å². The second-order valence-electron chi connectivity index (χ2n) is 11.1. The maximum Gasteiger partial charge on any atom is 0.270 e. The summed E-state index contributed by atoms with van der Waals surface area (Å²) in [5, 5.41) is 4.18. The number of anilines is 1. The highest BCUT2D eigenvalue weighted by atomic mass is 16.7. The minimum atomic E-state index is -0.196. The quantitative estimate of drug-likeness (QED) is 0.274. The fraction of sp³-hybridized carbons (Fsp3) is 0.257. The molecular weight excluding hydrogens is 524 g/mol. The number of hydrogen-bond acceptors (Lipinski definition) is 5. The lowest BCUT2D eigenvalue weighted by molar-refractivity contribution is -0.0168. The molecule has 7 heteroatoms. The van der Waals surface area contributed by atoms with E-state index in [4.69, 9.17) is 14.5 Å². The van der Waals surface area contributed by atoms with Gasteiger partial charge in [0.25, 0.3) is 5.91 Å². The summed E-state index contributed by atoms with van der Waals surface area (Å²) in [6.45, 7) is 7.74. The Morgan fingerprint density at radius 2 is 1.79 bits per heavy atom. The van der Waals surface area contributed by atoms with Crippen molar-refractivity contribution >= 4 is 22.6 Å². The van der Waals surface area contributed by atoms with Crippen molar-refractivity contribution in [2.24, 2.45) is 0 Å². The zero-order valence-electron chi connectivity index (χ0n) is 24.0. The summed E-state index contributed by atoms with van der Waals surface area (Å²) in [6.07, 6.45) is 0.941. The molecule has 3 aromatic carbocycles. The lowest BCUT2D eigenvalue weighted by Gasteiger charge is -2.31. The molecule has 7 rings (SSSR count). The van der Waals surface area contributed by atoms with E-state index >= 15 is 0 Å². The Balaban J connectivity index is 1.28. The van der Waals surface area contributed by atoms with Crippen LogP contribution in [0.2, 0.25) is 0 Å². The van der Waals surface area contributed by atoms with Gasteiger partial charge < -0.3 is 24.3 Å². The smallest absolute Gasteiger partial charge is 0.270 e. The van der Waals surface area contributed by atoms with Gasteiger partial charge in [0, 0.05) is 42.8 Å². The van der Waals surface area contributed by atoms with Crippen LogP contribution in [0.1, 0.15) is 49.6 Å². The van der Waals surface area contributed by atoms with Crippen LogP contribution < -0.4 is 15.0 Å². The van der Waals surface area contributed by atoms with Crippen LogP contribution >= 0.6 is 0 Å². The standard InChI is InChI=1S/C35H34N4O3/c1-23-24(2)39(19-25-9-4-3-5-10-25)33-29(23)17-31(37-34(33)38-16-15-26-11-6-7-12-28(26)20-38)35(40)36-18-27-13-8-14-32-30(27)21-41-22-42-32/h3-14,17H,15-16,18-22H2,1-2H3,(H,36,40).